The number of benzene rings is 1. The van der Waals surface area contributed by atoms with Gasteiger partial charge in [0.15, 0.2) is 0 Å². The van der Waals surface area contributed by atoms with Crippen LogP contribution in [0.25, 0.3) is 0 Å². The highest BCUT2D eigenvalue weighted by molar-refractivity contribution is 7.98. The fourth-order valence-electron chi connectivity index (χ4n) is 1.45. The van der Waals surface area contributed by atoms with E-state index < -0.39 is 0 Å². The first-order valence-corrected chi connectivity index (χ1v) is 6.54. The molecule has 0 bridgehead atoms. The Morgan fingerprint density at radius 3 is 2.53 bits per heavy atom. The van der Waals surface area contributed by atoms with Crippen LogP contribution in [0, 0.1) is 0 Å². The zero-order chi connectivity index (χ0) is 11.1. The molecule has 0 fully saturated rings. The van der Waals surface area contributed by atoms with Gasteiger partial charge in [0.1, 0.15) is 0 Å². The Morgan fingerprint density at radius 1 is 1.40 bits per heavy atom. The molecule has 0 heterocycles. The molecule has 1 rings (SSSR count). The standard InChI is InChI=1S/C13H19NS/c1-4-10-14-13(5-2)11-6-8-12(15-3)9-7-11/h5-9,13-14H,2,4,10H2,1,3H3. The molecule has 0 amide bonds. The Kier molecular flexibility index (Phi) is 5.51. The summed E-state index contributed by atoms with van der Waals surface area (Å²) < 4.78 is 0. The summed E-state index contributed by atoms with van der Waals surface area (Å²) in [4.78, 5) is 1.30. The molecule has 0 spiro atoms. The molecule has 2 heteroatoms. The van der Waals surface area contributed by atoms with Crippen molar-refractivity contribution in [2.24, 2.45) is 0 Å². The number of hydrogen-bond acceptors (Lipinski definition) is 2. The molecule has 0 aliphatic heterocycles. The topological polar surface area (TPSA) is 12.0 Å². The van der Waals surface area contributed by atoms with Gasteiger partial charge in [0.05, 0.1) is 6.04 Å². The van der Waals surface area contributed by atoms with Gasteiger partial charge in [-0.15, -0.1) is 18.3 Å². The summed E-state index contributed by atoms with van der Waals surface area (Å²) in [5, 5.41) is 3.45. The Bertz CT molecular complexity index is 292. The van der Waals surface area contributed by atoms with Crippen molar-refractivity contribution < 1.29 is 0 Å². The lowest BCUT2D eigenvalue weighted by atomic mass is 10.1. The van der Waals surface area contributed by atoms with E-state index in [9.17, 15) is 0 Å². The SMILES string of the molecule is C=CC(NCCC)c1ccc(SC)cc1. The van der Waals surface area contributed by atoms with Crippen LogP contribution < -0.4 is 5.32 Å². The van der Waals surface area contributed by atoms with Gasteiger partial charge in [-0.05, 0) is 36.9 Å². The van der Waals surface area contributed by atoms with E-state index in [1.165, 1.54) is 10.5 Å². The molecule has 1 aromatic carbocycles. The summed E-state index contributed by atoms with van der Waals surface area (Å²) in [7, 11) is 0. The van der Waals surface area contributed by atoms with Crippen molar-refractivity contribution in [2.45, 2.75) is 24.3 Å². The first-order chi connectivity index (χ1) is 7.31. The fourth-order valence-corrected chi connectivity index (χ4v) is 1.86. The summed E-state index contributed by atoms with van der Waals surface area (Å²) in [5.74, 6) is 0. The highest BCUT2D eigenvalue weighted by Crippen LogP contribution is 2.19. The Balaban J connectivity index is 2.69. The third-order valence-electron chi connectivity index (χ3n) is 2.32. The summed E-state index contributed by atoms with van der Waals surface area (Å²) in [6.07, 6.45) is 5.20. The van der Waals surface area contributed by atoms with Crippen molar-refractivity contribution in [3.8, 4) is 0 Å². The minimum Gasteiger partial charge on any atom is -0.307 e. The molecule has 1 nitrogen and oxygen atoms in total. The molecule has 0 aliphatic rings. The van der Waals surface area contributed by atoms with Crippen LogP contribution in [0.5, 0.6) is 0 Å². The minimum absolute atomic E-state index is 0.279. The van der Waals surface area contributed by atoms with Gasteiger partial charge < -0.3 is 5.32 Å². The van der Waals surface area contributed by atoms with Gasteiger partial charge in [-0.25, -0.2) is 0 Å². The van der Waals surface area contributed by atoms with Crippen LogP contribution in [-0.2, 0) is 0 Å². The van der Waals surface area contributed by atoms with E-state index in [2.05, 4.69) is 49.3 Å². The van der Waals surface area contributed by atoms with Crippen molar-refractivity contribution in [1.29, 1.82) is 0 Å². The predicted octanol–water partition coefficient (Wildman–Crippen LogP) is 3.64. The van der Waals surface area contributed by atoms with Crippen LogP contribution in [0.2, 0.25) is 0 Å². The van der Waals surface area contributed by atoms with Gasteiger partial charge in [-0.1, -0.05) is 25.1 Å². The molecule has 15 heavy (non-hydrogen) atoms. The van der Waals surface area contributed by atoms with Crippen LogP contribution in [0.1, 0.15) is 24.9 Å². The number of hydrogen-bond donors (Lipinski definition) is 1. The van der Waals surface area contributed by atoms with E-state index in [0.717, 1.165) is 13.0 Å². The van der Waals surface area contributed by atoms with Crippen molar-refractivity contribution in [3.63, 3.8) is 0 Å². The third-order valence-corrected chi connectivity index (χ3v) is 3.07. The highest BCUT2D eigenvalue weighted by atomic mass is 32.2. The van der Waals surface area contributed by atoms with Crippen molar-refractivity contribution in [2.75, 3.05) is 12.8 Å². The average molecular weight is 221 g/mol. The second-order valence-corrected chi connectivity index (χ2v) is 4.32. The highest BCUT2D eigenvalue weighted by Gasteiger charge is 2.05. The first-order valence-electron chi connectivity index (χ1n) is 5.31. The molecule has 1 atom stereocenters. The lowest BCUT2D eigenvalue weighted by Crippen LogP contribution is -2.19. The molecule has 0 radical (unpaired) electrons. The Hall–Kier alpha value is -0.730. The van der Waals surface area contributed by atoms with Crippen LogP contribution in [0.15, 0.2) is 41.8 Å². The van der Waals surface area contributed by atoms with Crippen molar-refractivity contribution in [3.05, 3.63) is 42.5 Å². The molecule has 1 unspecified atom stereocenters. The lowest BCUT2D eigenvalue weighted by Gasteiger charge is -2.14. The van der Waals surface area contributed by atoms with Crippen LogP contribution >= 0.6 is 11.8 Å². The smallest absolute Gasteiger partial charge is 0.0503 e. The van der Waals surface area contributed by atoms with E-state index in [1.807, 2.05) is 6.08 Å². The molecule has 0 aromatic heterocycles. The fraction of sp³-hybridized carbons (Fsp3) is 0.385. The summed E-state index contributed by atoms with van der Waals surface area (Å²) in [5.41, 5.74) is 1.29. The van der Waals surface area contributed by atoms with Crippen molar-refractivity contribution in [1.82, 2.24) is 5.32 Å². The molecule has 0 saturated heterocycles. The molecular formula is C13H19NS. The second-order valence-electron chi connectivity index (χ2n) is 3.44. The number of rotatable bonds is 6. The van der Waals surface area contributed by atoms with Crippen LogP contribution in [0.4, 0.5) is 0 Å². The van der Waals surface area contributed by atoms with E-state index in [1.54, 1.807) is 11.8 Å². The van der Waals surface area contributed by atoms with E-state index in [-0.39, 0.29) is 6.04 Å². The summed E-state index contributed by atoms with van der Waals surface area (Å²) in [6.45, 7) is 7.06. The lowest BCUT2D eigenvalue weighted by molar-refractivity contribution is 0.613. The van der Waals surface area contributed by atoms with Gasteiger partial charge in [-0.3, -0.25) is 0 Å². The predicted molar refractivity (Wildman–Crippen MR) is 69.5 cm³/mol. The normalized spacial score (nSPS) is 12.4. The maximum absolute atomic E-state index is 3.87. The molecule has 1 N–H and O–H groups in total. The van der Waals surface area contributed by atoms with E-state index in [4.69, 9.17) is 0 Å². The summed E-state index contributed by atoms with van der Waals surface area (Å²) in [6, 6.07) is 8.93. The number of thioether (sulfide) groups is 1. The van der Waals surface area contributed by atoms with Crippen molar-refractivity contribution >= 4 is 11.8 Å². The molecular weight excluding hydrogens is 202 g/mol. The van der Waals surface area contributed by atoms with Gasteiger partial charge in [0.2, 0.25) is 0 Å². The molecule has 1 aromatic rings. The average Bonchev–Trinajstić information content (AvgIpc) is 2.31. The van der Waals surface area contributed by atoms with Gasteiger partial charge in [0, 0.05) is 4.90 Å². The van der Waals surface area contributed by atoms with Gasteiger partial charge in [0.25, 0.3) is 0 Å². The number of nitrogens with one attached hydrogen (secondary N) is 1. The second kappa shape index (κ2) is 6.70. The Labute approximate surface area is 97.0 Å². The zero-order valence-corrected chi connectivity index (χ0v) is 10.3. The third kappa shape index (κ3) is 3.73. The Morgan fingerprint density at radius 2 is 2.07 bits per heavy atom. The largest absolute Gasteiger partial charge is 0.307 e. The molecule has 0 aliphatic carbocycles. The minimum atomic E-state index is 0.279. The maximum Gasteiger partial charge on any atom is 0.0503 e. The molecule has 0 saturated carbocycles. The van der Waals surface area contributed by atoms with Gasteiger partial charge in [-0.2, -0.15) is 0 Å². The summed E-state index contributed by atoms with van der Waals surface area (Å²) >= 11 is 1.77. The van der Waals surface area contributed by atoms with E-state index >= 15 is 0 Å². The maximum atomic E-state index is 3.87. The van der Waals surface area contributed by atoms with Gasteiger partial charge >= 0.3 is 0 Å². The quantitative estimate of drug-likeness (QED) is 0.581. The zero-order valence-electron chi connectivity index (χ0n) is 9.49. The molecule has 82 valence electrons. The first kappa shape index (κ1) is 12.3. The monoisotopic (exact) mass is 221 g/mol. The van der Waals surface area contributed by atoms with E-state index in [0.29, 0.717) is 0 Å². The van der Waals surface area contributed by atoms with Crippen LogP contribution in [-0.4, -0.2) is 12.8 Å². The van der Waals surface area contributed by atoms with Crippen LogP contribution in [0.3, 0.4) is 0 Å².